The molecular formula is C37H36N8O3. The fraction of sp³-hybridized carbons (Fsp3) is 0.270. The van der Waals surface area contributed by atoms with Crippen LogP contribution in [0.25, 0.3) is 22.1 Å². The third-order valence-electron chi connectivity index (χ3n) is 8.84. The summed E-state index contributed by atoms with van der Waals surface area (Å²) in [6.45, 7) is 7.91. The van der Waals surface area contributed by atoms with E-state index in [1.807, 2.05) is 73.3 Å². The summed E-state index contributed by atoms with van der Waals surface area (Å²) >= 11 is 0. The summed E-state index contributed by atoms with van der Waals surface area (Å²) in [6, 6.07) is 18.3. The number of benzene rings is 2. The predicted molar refractivity (Wildman–Crippen MR) is 183 cm³/mol. The Labute approximate surface area is 277 Å². The third-order valence-corrected chi connectivity index (χ3v) is 8.84. The van der Waals surface area contributed by atoms with Crippen LogP contribution in [0.3, 0.4) is 0 Å². The van der Waals surface area contributed by atoms with Gasteiger partial charge in [0.05, 0.1) is 47.8 Å². The topological polar surface area (TPSA) is 112 Å². The summed E-state index contributed by atoms with van der Waals surface area (Å²) in [5, 5.41) is 13.3. The van der Waals surface area contributed by atoms with Crippen LogP contribution in [-0.2, 0) is 18.2 Å². The van der Waals surface area contributed by atoms with Crippen molar-refractivity contribution in [1.82, 2.24) is 39.2 Å². The van der Waals surface area contributed by atoms with Gasteiger partial charge in [0.1, 0.15) is 5.56 Å². The Balaban J connectivity index is 1.26. The predicted octanol–water partition coefficient (Wildman–Crippen LogP) is 3.84. The number of para-hydroxylation sites is 1. The molecule has 11 heteroatoms. The molecule has 0 radical (unpaired) electrons. The Morgan fingerprint density at radius 3 is 2.65 bits per heavy atom. The summed E-state index contributed by atoms with van der Waals surface area (Å²) in [4.78, 5) is 34.9. The minimum absolute atomic E-state index is 0.216. The number of pyridine rings is 1. The van der Waals surface area contributed by atoms with Crippen molar-refractivity contribution < 1.29 is 9.53 Å². The van der Waals surface area contributed by atoms with Gasteiger partial charge in [-0.3, -0.25) is 23.7 Å². The molecule has 1 aliphatic rings. The summed E-state index contributed by atoms with van der Waals surface area (Å²) in [7, 11) is 1.94. The zero-order valence-electron chi connectivity index (χ0n) is 27.2. The monoisotopic (exact) mass is 640 g/mol. The molecule has 1 aliphatic heterocycles. The van der Waals surface area contributed by atoms with Crippen LogP contribution in [0.4, 0.5) is 0 Å². The SMILES string of the molecule is Cc1nn2cccnc2c1C(=O)N[C@H](C)c1cc2cccc(C#Cc3cnn(C)c3CCN3CCOCC3)c2c(=O)n1-c1ccccc1. The van der Waals surface area contributed by atoms with Gasteiger partial charge in [-0.1, -0.05) is 42.2 Å². The van der Waals surface area contributed by atoms with Crippen molar-refractivity contribution >= 4 is 22.3 Å². The molecule has 6 aromatic rings. The normalized spacial score (nSPS) is 14.1. The zero-order valence-corrected chi connectivity index (χ0v) is 27.2. The van der Waals surface area contributed by atoms with Gasteiger partial charge in [0, 0.05) is 62.4 Å². The number of morpholine rings is 1. The molecule has 7 rings (SSSR count). The third kappa shape index (κ3) is 5.99. The van der Waals surface area contributed by atoms with Crippen LogP contribution in [0.2, 0.25) is 0 Å². The van der Waals surface area contributed by atoms with Gasteiger partial charge < -0.3 is 10.1 Å². The number of aryl methyl sites for hydroxylation is 2. The average Bonchev–Trinajstić information content (AvgIpc) is 3.64. The number of rotatable bonds is 7. The van der Waals surface area contributed by atoms with E-state index in [4.69, 9.17) is 4.74 Å². The first kappa shape index (κ1) is 31.1. The van der Waals surface area contributed by atoms with Crippen molar-refractivity contribution in [2.75, 3.05) is 32.8 Å². The van der Waals surface area contributed by atoms with Gasteiger partial charge in [0.2, 0.25) is 0 Å². The summed E-state index contributed by atoms with van der Waals surface area (Å²) < 4.78 is 10.6. The molecule has 0 saturated carbocycles. The first-order valence-electron chi connectivity index (χ1n) is 16.1. The van der Waals surface area contributed by atoms with E-state index in [2.05, 4.69) is 37.2 Å². The van der Waals surface area contributed by atoms with E-state index >= 15 is 0 Å². The van der Waals surface area contributed by atoms with Crippen molar-refractivity contribution in [3.8, 4) is 17.5 Å². The average molecular weight is 641 g/mol. The Morgan fingerprint density at radius 2 is 1.83 bits per heavy atom. The molecule has 0 aliphatic carbocycles. The molecule has 5 heterocycles. The fourth-order valence-corrected chi connectivity index (χ4v) is 6.34. The van der Waals surface area contributed by atoms with Crippen LogP contribution in [0.15, 0.2) is 84.0 Å². The molecule has 2 aromatic carbocycles. The molecule has 1 saturated heterocycles. The smallest absolute Gasteiger partial charge is 0.264 e. The minimum Gasteiger partial charge on any atom is -0.379 e. The van der Waals surface area contributed by atoms with Crippen molar-refractivity contribution in [1.29, 1.82) is 0 Å². The lowest BCUT2D eigenvalue weighted by Gasteiger charge is -2.26. The molecular weight excluding hydrogens is 604 g/mol. The van der Waals surface area contributed by atoms with Crippen molar-refractivity contribution in [2.24, 2.45) is 7.05 Å². The van der Waals surface area contributed by atoms with Gasteiger partial charge in [-0.15, -0.1) is 0 Å². The highest BCUT2D eigenvalue weighted by Gasteiger charge is 2.23. The minimum atomic E-state index is -0.535. The van der Waals surface area contributed by atoms with Gasteiger partial charge in [0.15, 0.2) is 5.65 Å². The fourth-order valence-electron chi connectivity index (χ4n) is 6.34. The number of carbonyl (C=O) groups is 1. The lowest BCUT2D eigenvalue weighted by Crippen LogP contribution is -2.37. The number of hydrogen-bond donors (Lipinski definition) is 1. The maximum absolute atomic E-state index is 14.5. The first-order valence-corrected chi connectivity index (χ1v) is 16.1. The van der Waals surface area contributed by atoms with E-state index in [0.29, 0.717) is 39.2 Å². The maximum Gasteiger partial charge on any atom is 0.264 e. The zero-order chi connectivity index (χ0) is 33.2. The molecule has 48 heavy (non-hydrogen) atoms. The molecule has 1 amide bonds. The number of hydrogen-bond acceptors (Lipinski definition) is 7. The summed E-state index contributed by atoms with van der Waals surface area (Å²) in [5.41, 5.74) is 5.07. The Kier molecular flexibility index (Phi) is 8.59. The molecule has 11 nitrogen and oxygen atoms in total. The molecule has 0 bridgehead atoms. The number of fused-ring (bicyclic) bond motifs is 2. The molecule has 1 N–H and O–H groups in total. The number of amides is 1. The molecule has 0 spiro atoms. The number of carbonyl (C=O) groups excluding carboxylic acids is 1. The van der Waals surface area contributed by atoms with Crippen LogP contribution in [0.5, 0.6) is 0 Å². The highest BCUT2D eigenvalue weighted by Crippen LogP contribution is 2.24. The summed E-state index contributed by atoms with van der Waals surface area (Å²) in [6.07, 6.45) is 5.99. The number of nitrogens with zero attached hydrogens (tertiary/aromatic N) is 7. The molecule has 1 atom stereocenters. The molecule has 1 fully saturated rings. The Morgan fingerprint density at radius 1 is 1.04 bits per heavy atom. The van der Waals surface area contributed by atoms with Gasteiger partial charge in [-0.2, -0.15) is 10.2 Å². The van der Waals surface area contributed by atoms with Crippen LogP contribution in [0, 0.1) is 18.8 Å². The molecule has 4 aromatic heterocycles. The first-order chi connectivity index (χ1) is 23.4. The van der Waals surface area contributed by atoms with Crippen molar-refractivity contribution in [3.63, 3.8) is 0 Å². The molecule has 242 valence electrons. The van der Waals surface area contributed by atoms with Gasteiger partial charge >= 0.3 is 0 Å². The van der Waals surface area contributed by atoms with Gasteiger partial charge in [0.25, 0.3) is 11.5 Å². The standard InChI is InChI=1S/C37H36N8O3/c1-25(40-36(46)33-26(2)41-44-17-8-16-38-35(33)44)32-23-28-10-7-9-27(34(28)37(47)45(32)30-11-5-4-6-12-30)13-14-29-24-39-42(3)31(29)15-18-43-19-21-48-22-20-43/h4-12,16-17,23-25H,15,18-22H2,1-3H3,(H,40,46)/t25-/m1/s1. The second-order valence-corrected chi connectivity index (χ2v) is 11.9. The van der Waals surface area contributed by atoms with E-state index in [0.717, 1.165) is 55.9 Å². The van der Waals surface area contributed by atoms with E-state index < -0.39 is 6.04 Å². The van der Waals surface area contributed by atoms with Crippen LogP contribution < -0.4 is 10.9 Å². The highest BCUT2D eigenvalue weighted by molar-refractivity contribution is 6.01. The van der Waals surface area contributed by atoms with E-state index in [9.17, 15) is 9.59 Å². The van der Waals surface area contributed by atoms with Gasteiger partial charge in [-0.25, -0.2) is 9.50 Å². The highest BCUT2D eigenvalue weighted by atomic mass is 16.5. The molecule has 0 unspecified atom stereocenters. The van der Waals surface area contributed by atoms with E-state index in [-0.39, 0.29) is 11.5 Å². The van der Waals surface area contributed by atoms with Crippen molar-refractivity contribution in [3.05, 3.63) is 123 Å². The van der Waals surface area contributed by atoms with Crippen LogP contribution in [-0.4, -0.2) is 72.6 Å². The Bertz CT molecular complexity index is 2250. The number of ether oxygens (including phenoxy) is 1. The maximum atomic E-state index is 14.5. The quantitative estimate of drug-likeness (QED) is 0.264. The van der Waals surface area contributed by atoms with E-state index in [1.54, 1.807) is 40.7 Å². The van der Waals surface area contributed by atoms with Crippen molar-refractivity contribution in [2.45, 2.75) is 26.3 Å². The second kappa shape index (κ2) is 13.3. The number of nitrogens with one attached hydrogen (secondary N) is 1. The Hall–Kier alpha value is -5.57. The lowest BCUT2D eigenvalue weighted by molar-refractivity contribution is 0.0382. The van der Waals surface area contributed by atoms with Gasteiger partial charge in [-0.05, 0) is 49.6 Å². The largest absolute Gasteiger partial charge is 0.379 e. The van der Waals surface area contributed by atoms with E-state index in [1.165, 1.54) is 0 Å². The second-order valence-electron chi connectivity index (χ2n) is 11.9. The van der Waals surface area contributed by atoms with Crippen LogP contribution in [0.1, 0.15) is 51.5 Å². The number of aromatic nitrogens is 6. The lowest BCUT2D eigenvalue weighted by atomic mass is 10.0. The van der Waals surface area contributed by atoms with Crippen LogP contribution >= 0.6 is 0 Å². The summed E-state index contributed by atoms with van der Waals surface area (Å²) in [5.74, 6) is 6.30.